The topological polar surface area (TPSA) is 80.7 Å². The molecule has 6 heteroatoms. The van der Waals surface area contributed by atoms with Gasteiger partial charge in [0.05, 0.1) is 6.61 Å². The molecule has 0 unspecified atom stereocenters. The van der Waals surface area contributed by atoms with Crippen LogP contribution in [0.2, 0.25) is 0 Å². The fourth-order valence-electron chi connectivity index (χ4n) is 1.92. The van der Waals surface area contributed by atoms with Crippen molar-refractivity contribution in [3.8, 4) is 0 Å². The van der Waals surface area contributed by atoms with Gasteiger partial charge in [-0.25, -0.2) is 0 Å². The predicted molar refractivity (Wildman–Crippen MR) is 78.8 cm³/mol. The van der Waals surface area contributed by atoms with Gasteiger partial charge in [0.1, 0.15) is 5.75 Å². The largest absolute Gasteiger partial charge is 0.395 e. The molecule has 0 heterocycles. The van der Waals surface area contributed by atoms with Crippen LogP contribution in [0.15, 0.2) is 0 Å². The zero-order chi connectivity index (χ0) is 15.3. The summed E-state index contributed by atoms with van der Waals surface area (Å²) in [5, 5.41) is 8.49. The van der Waals surface area contributed by atoms with Crippen LogP contribution in [0.5, 0.6) is 0 Å². The van der Waals surface area contributed by atoms with E-state index in [2.05, 4.69) is 11.1 Å². The van der Waals surface area contributed by atoms with E-state index in [1.165, 1.54) is 38.5 Å². The van der Waals surface area contributed by atoms with Gasteiger partial charge in [0.25, 0.3) is 0 Å². The molecule has 0 rings (SSSR count). The number of hydrogen-bond acceptors (Lipinski definition) is 5. The molecular formula is C14H28O5S. The minimum absolute atomic E-state index is 0.125. The molecule has 0 aliphatic rings. The Labute approximate surface area is 122 Å². The molecule has 0 aliphatic heterocycles. The van der Waals surface area contributed by atoms with Crippen molar-refractivity contribution < 1.29 is 22.5 Å². The zero-order valence-electron chi connectivity index (χ0n) is 12.5. The second-order valence-corrected chi connectivity index (χ2v) is 6.71. The smallest absolute Gasteiger partial charge is 0.322 e. The van der Waals surface area contributed by atoms with Gasteiger partial charge in [-0.15, -0.1) is 0 Å². The van der Waals surface area contributed by atoms with Gasteiger partial charge in [-0.2, -0.15) is 8.42 Å². The van der Waals surface area contributed by atoms with E-state index in [0.29, 0.717) is 6.42 Å². The van der Waals surface area contributed by atoms with Crippen molar-refractivity contribution in [3.63, 3.8) is 0 Å². The van der Waals surface area contributed by atoms with Crippen molar-refractivity contribution in [2.24, 2.45) is 0 Å². The molecule has 0 spiro atoms. The summed E-state index contributed by atoms with van der Waals surface area (Å²) < 4.78 is 26.5. The molecule has 5 nitrogen and oxygen atoms in total. The van der Waals surface area contributed by atoms with Gasteiger partial charge >= 0.3 is 16.1 Å². The van der Waals surface area contributed by atoms with Crippen LogP contribution in [0.1, 0.15) is 71.1 Å². The van der Waals surface area contributed by atoms with Gasteiger partial charge in [-0.05, 0) is 6.42 Å². The van der Waals surface area contributed by atoms with Crippen LogP contribution in [-0.2, 0) is 19.1 Å². The Morgan fingerprint density at radius 3 is 1.95 bits per heavy atom. The summed E-state index contributed by atoms with van der Waals surface area (Å²) >= 11 is 0. The molecule has 0 aromatic carbocycles. The Morgan fingerprint density at radius 2 is 1.45 bits per heavy atom. The summed E-state index contributed by atoms with van der Waals surface area (Å²) in [5.74, 6) is -1.25. The second kappa shape index (κ2) is 12.1. The van der Waals surface area contributed by atoms with E-state index >= 15 is 0 Å². The van der Waals surface area contributed by atoms with Gasteiger partial charge in [0.15, 0.2) is 0 Å². The third-order valence-electron chi connectivity index (χ3n) is 3.05. The maximum Gasteiger partial charge on any atom is 0.322 e. The van der Waals surface area contributed by atoms with E-state index in [1.54, 1.807) is 0 Å². The van der Waals surface area contributed by atoms with Crippen LogP contribution in [0, 0.1) is 0 Å². The maximum atomic E-state index is 11.3. The van der Waals surface area contributed by atoms with Crippen LogP contribution in [0.4, 0.5) is 0 Å². The van der Waals surface area contributed by atoms with E-state index < -0.39 is 28.4 Å². The van der Waals surface area contributed by atoms with Crippen LogP contribution >= 0.6 is 0 Å². The van der Waals surface area contributed by atoms with E-state index in [-0.39, 0.29) is 6.42 Å². The molecule has 0 atom stereocenters. The molecule has 0 aromatic rings. The molecule has 0 fully saturated rings. The summed E-state index contributed by atoms with van der Waals surface area (Å²) in [6, 6.07) is 0. The van der Waals surface area contributed by atoms with Gasteiger partial charge in [-0.3, -0.25) is 4.79 Å². The fraction of sp³-hybridized carbons (Fsp3) is 0.929. The Kier molecular flexibility index (Phi) is 11.8. The highest BCUT2D eigenvalue weighted by Crippen LogP contribution is 2.11. The van der Waals surface area contributed by atoms with E-state index in [9.17, 15) is 13.2 Å². The molecule has 120 valence electrons. The van der Waals surface area contributed by atoms with Gasteiger partial charge < -0.3 is 9.29 Å². The predicted octanol–water partition coefficient (Wildman–Crippen LogP) is 2.77. The Bertz CT molecular complexity index is 337. The lowest BCUT2D eigenvalue weighted by Gasteiger charge is -2.04. The molecule has 0 saturated heterocycles. The van der Waals surface area contributed by atoms with Crippen molar-refractivity contribution in [1.82, 2.24) is 0 Å². The highest BCUT2D eigenvalue weighted by atomic mass is 32.2. The summed E-state index contributed by atoms with van der Waals surface area (Å²) in [7, 11) is -3.89. The van der Waals surface area contributed by atoms with Crippen molar-refractivity contribution in [3.05, 3.63) is 0 Å². The van der Waals surface area contributed by atoms with Crippen molar-refractivity contribution in [1.29, 1.82) is 0 Å². The molecule has 0 radical (unpaired) electrons. The lowest BCUT2D eigenvalue weighted by molar-refractivity contribution is -0.133. The number of rotatable bonds is 13. The quantitative estimate of drug-likeness (QED) is 0.418. The fourth-order valence-corrected chi connectivity index (χ4v) is 2.59. The molecule has 0 aromatic heterocycles. The van der Waals surface area contributed by atoms with Gasteiger partial charge in [0, 0.05) is 6.42 Å². The minimum atomic E-state index is -3.89. The van der Waals surface area contributed by atoms with Crippen molar-refractivity contribution in [2.45, 2.75) is 71.1 Å². The summed E-state index contributed by atoms with van der Waals surface area (Å²) in [6.07, 6.45) is 10.3. The van der Waals surface area contributed by atoms with Crippen LogP contribution in [0.25, 0.3) is 0 Å². The maximum absolute atomic E-state index is 11.3. The summed E-state index contributed by atoms with van der Waals surface area (Å²) in [4.78, 5) is 11.3. The Hall–Kier alpha value is -0.620. The lowest BCUT2D eigenvalue weighted by Crippen LogP contribution is -2.17. The Balaban J connectivity index is 3.44. The number of carbonyl (C=O) groups excluding carboxylic acids is 1. The highest BCUT2D eigenvalue weighted by molar-refractivity contribution is 7.87. The van der Waals surface area contributed by atoms with Crippen LogP contribution in [-0.4, -0.2) is 31.9 Å². The highest BCUT2D eigenvalue weighted by Gasteiger charge is 2.15. The van der Waals surface area contributed by atoms with Crippen molar-refractivity contribution >= 4 is 16.1 Å². The van der Waals surface area contributed by atoms with Crippen LogP contribution < -0.4 is 0 Å². The third-order valence-corrected chi connectivity index (χ3v) is 4.17. The van der Waals surface area contributed by atoms with E-state index in [0.717, 1.165) is 12.8 Å². The molecule has 0 bridgehead atoms. The van der Waals surface area contributed by atoms with Gasteiger partial charge in [0.2, 0.25) is 0 Å². The zero-order valence-corrected chi connectivity index (χ0v) is 13.3. The first-order chi connectivity index (χ1) is 9.52. The average molecular weight is 308 g/mol. The summed E-state index contributed by atoms with van der Waals surface area (Å²) in [5.41, 5.74) is 0. The third kappa shape index (κ3) is 12.4. The number of unbranched alkanes of at least 4 members (excludes halogenated alkanes) is 8. The first-order valence-corrected chi connectivity index (χ1v) is 9.15. The number of carbonyl (C=O) groups is 1. The normalized spacial score (nSPS) is 11.5. The van der Waals surface area contributed by atoms with Gasteiger partial charge in [-0.1, -0.05) is 58.3 Å². The first kappa shape index (κ1) is 19.4. The Morgan fingerprint density at radius 1 is 0.950 bits per heavy atom. The van der Waals surface area contributed by atoms with Crippen LogP contribution in [0.3, 0.4) is 0 Å². The van der Waals surface area contributed by atoms with E-state index in [4.69, 9.17) is 5.11 Å². The SMILES string of the molecule is CCCCCCCCCCCC(=O)OS(=O)(=O)CCO. The number of hydrogen-bond donors (Lipinski definition) is 1. The lowest BCUT2D eigenvalue weighted by atomic mass is 10.1. The molecular weight excluding hydrogens is 280 g/mol. The number of aliphatic hydroxyl groups is 1. The molecule has 1 N–H and O–H groups in total. The molecule has 20 heavy (non-hydrogen) atoms. The standard InChI is InChI=1S/C14H28O5S/c1-2-3-4-5-6-7-8-9-10-11-14(16)19-20(17,18)13-12-15/h15H,2-13H2,1H3. The number of aliphatic hydroxyl groups excluding tert-OH is 1. The first-order valence-electron chi connectivity index (χ1n) is 7.57. The average Bonchev–Trinajstić information content (AvgIpc) is 2.36. The molecule has 0 aliphatic carbocycles. The monoisotopic (exact) mass is 308 g/mol. The van der Waals surface area contributed by atoms with E-state index in [1.807, 2.05) is 0 Å². The molecule has 0 saturated carbocycles. The minimum Gasteiger partial charge on any atom is -0.395 e. The van der Waals surface area contributed by atoms with Crippen molar-refractivity contribution in [2.75, 3.05) is 12.4 Å². The molecule has 0 amide bonds. The summed E-state index contributed by atoms with van der Waals surface area (Å²) in [6.45, 7) is 1.66. The second-order valence-electron chi connectivity index (χ2n) is 5.02.